The zero-order chi connectivity index (χ0) is 8.55. The lowest BCUT2D eigenvalue weighted by Crippen LogP contribution is -2.11. The summed E-state index contributed by atoms with van der Waals surface area (Å²) in [5.74, 6) is 0.698. The van der Waals surface area contributed by atoms with Crippen LogP contribution in [0.1, 0.15) is 24.4 Å². The molecule has 2 rings (SSSR count). The molecule has 1 aromatic rings. The Morgan fingerprint density at radius 3 is 2.75 bits per heavy atom. The second-order valence-electron chi connectivity index (χ2n) is 3.42. The number of halogens is 1. The van der Waals surface area contributed by atoms with Crippen LogP contribution in [0.2, 0.25) is 5.02 Å². The largest absolute Gasteiger partial charge is 0.324 e. The molecule has 2 N–H and O–H groups in total. The van der Waals surface area contributed by atoms with Crippen LogP contribution in [0.4, 0.5) is 0 Å². The second-order valence-corrected chi connectivity index (χ2v) is 3.85. The summed E-state index contributed by atoms with van der Waals surface area (Å²) in [6.45, 7) is 0. The summed E-state index contributed by atoms with van der Waals surface area (Å²) in [4.78, 5) is 0. The van der Waals surface area contributed by atoms with Crippen LogP contribution in [-0.4, -0.2) is 0 Å². The first-order chi connectivity index (χ1) is 5.77. The van der Waals surface area contributed by atoms with E-state index in [1.54, 1.807) is 0 Å². The maximum atomic E-state index is 6.01. The average Bonchev–Trinajstić information content (AvgIpc) is 2.85. The van der Waals surface area contributed by atoms with E-state index < -0.39 is 0 Å². The predicted molar refractivity (Wildman–Crippen MR) is 51.1 cm³/mol. The number of benzene rings is 1. The highest BCUT2D eigenvalue weighted by atomic mass is 35.5. The SMILES string of the molecule is N[C@@H](c1cccc(Cl)c1)C1CC1. The van der Waals surface area contributed by atoms with Crippen LogP contribution in [0, 0.1) is 5.92 Å². The summed E-state index contributed by atoms with van der Waals surface area (Å²) in [6, 6.07) is 8.05. The molecule has 1 aromatic carbocycles. The summed E-state index contributed by atoms with van der Waals surface area (Å²) in [6.07, 6.45) is 2.54. The molecular weight excluding hydrogens is 170 g/mol. The molecule has 0 saturated heterocycles. The monoisotopic (exact) mass is 181 g/mol. The van der Waals surface area contributed by atoms with Crippen molar-refractivity contribution in [3.8, 4) is 0 Å². The van der Waals surface area contributed by atoms with Gasteiger partial charge in [0.15, 0.2) is 0 Å². The minimum Gasteiger partial charge on any atom is -0.324 e. The van der Waals surface area contributed by atoms with Crippen molar-refractivity contribution < 1.29 is 0 Å². The van der Waals surface area contributed by atoms with E-state index in [2.05, 4.69) is 6.07 Å². The maximum Gasteiger partial charge on any atom is 0.0409 e. The van der Waals surface area contributed by atoms with Crippen molar-refractivity contribution in [2.45, 2.75) is 18.9 Å². The van der Waals surface area contributed by atoms with Crippen LogP contribution >= 0.6 is 11.6 Å². The Kier molecular flexibility index (Phi) is 2.07. The van der Waals surface area contributed by atoms with E-state index in [4.69, 9.17) is 17.3 Å². The van der Waals surface area contributed by atoms with E-state index in [1.807, 2.05) is 18.2 Å². The number of nitrogens with two attached hydrogens (primary N) is 1. The van der Waals surface area contributed by atoms with Crippen LogP contribution in [0.25, 0.3) is 0 Å². The molecule has 1 fully saturated rings. The van der Waals surface area contributed by atoms with Crippen LogP contribution in [-0.2, 0) is 0 Å². The topological polar surface area (TPSA) is 26.0 Å². The lowest BCUT2D eigenvalue weighted by molar-refractivity contribution is 0.633. The minimum absolute atomic E-state index is 0.198. The summed E-state index contributed by atoms with van der Waals surface area (Å²) >= 11 is 5.86. The maximum absolute atomic E-state index is 6.01. The van der Waals surface area contributed by atoms with Crippen molar-refractivity contribution >= 4 is 11.6 Å². The quantitative estimate of drug-likeness (QED) is 0.746. The molecule has 0 spiro atoms. The molecule has 0 bridgehead atoms. The van der Waals surface area contributed by atoms with Crippen molar-refractivity contribution in [2.75, 3.05) is 0 Å². The lowest BCUT2D eigenvalue weighted by Gasteiger charge is -2.10. The number of hydrogen-bond donors (Lipinski definition) is 1. The van der Waals surface area contributed by atoms with E-state index in [-0.39, 0.29) is 6.04 Å². The molecule has 0 heterocycles. The van der Waals surface area contributed by atoms with Gasteiger partial charge in [0, 0.05) is 11.1 Å². The van der Waals surface area contributed by atoms with Crippen molar-refractivity contribution in [1.29, 1.82) is 0 Å². The van der Waals surface area contributed by atoms with Gasteiger partial charge >= 0.3 is 0 Å². The first kappa shape index (κ1) is 8.09. The van der Waals surface area contributed by atoms with Crippen LogP contribution in [0.5, 0.6) is 0 Å². The Morgan fingerprint density at radius 2 is 2.17 bits per heavy atom. The molecule has 1 nitrogen and oxygen atoms in total. The fourth-order valence-corrected chi connectivity index (χ4v) is 1.64. The van der Waals surface area contributed by atoms with Gasteiger partial charge in [-0.2, -0.15) is 0 Å². The molecule has 1 aliphatic carbocycles. The average molecular weight is 182 g/mol. The predicted octanol–water partition coefficient (Wildman–Crippen LogP) is 2.75. The summed E-state index contributed by atoms with van der Waals surface area (Å²) in [5, 5.41) is 0.781. The van der Waals surface area contributed by atoms with Gasteiger partial charge in [-0.1, -0.05) is 23.7 Å². The Labute approximate surface area is 77.5 Å². The van der Waals surface area contributed by atoms with Crippen LogP contribution in [0.15, 0.2) is 24.3 Å². The fourth-order valence-electron chi connectivity index (χ4n) is 1.44. The highest BCUT2D eigenvalue weighted by Crippen LogP contribution is 2.39. The first-order valence-corrected chi connectivity index (χ1v) is 4.66. The summed E-state index contributed by atoms with van der Waals surface area (Å²) < 4.78 is 0. The number of hydrogen-bond acceptors (Lipinski definition) is 1. The molecule has 12 heavy (non-hydrogen) atoms. The normalized spacial score (nSPS) is 19.2. The Hall–Kier alpha value is -0.530. The molecule has 0 radical (unpaired) electrons. The van der Waals surface area contributed by atoms with E-state index >= 15 is 0 Å². The van der Waals surface area contributed by atoms with Crippen molar-refractivity contribution in [1.82, 2.24) is 0 Å². The molecule has 0 unspecified atom stereocenters. The van der Waals surface area contributed by atoms with Crippen molar-refractivity contribution in [2.24, 2.45) is 11.7 Å². The molecule has 1 saturated carbocycles. The molecule has 2 heteroatoms. The highest BCUT2D eigenvalue weighted by molar-refractivity contribution is 6.30. The Bertz CT molecular complexity index is 281. The van der Waals surface area contributed by atoms with Crippen LogP contribution in [0.3, 0.4) is 0 Å². The van der Waals surface area contributed by atoms with Gasteiger partial charge in [0.1, 0.15) is 0 Å². The third kappa shape index (κ3) is 1.62. The third-order valence-corrected chi connectivity index (χ3v) is 2.60. The Balaban J connectivity index is 2.20. The molecule has 0 amide bonds. The number of rotatable bonds is 2. The van der Waals surface area contributed by atoms with E-state index in [0.29, 0.717) is 5.92 Å². The van der Waals surface area contributed by atoms with Gasteiger partial charge in [0.25, 0.3) is 0 Å². The summed E-state index contributed by atoms with van der Waals surface area (Å²) in [5.41, 5.74) is 7.18. The lowest BCUT2D eigenvalue weighted by atomic mass is 10.0. The Morgan fingerprint density at radius 1 is 1.42 bits per heavy atom. The van der Waals surface area contributed by atoms with Gasteiger partial charge < -0.3 is 5.73 Å². The standard InChI is InChI=1S/C10H12ClN/c11-9-3-1-2-8(6-9)10(12)7-4-5-7/h1-3,6-7,10H,4-5,12H2/t10-/m1/s1. The van der Waals surface area contributed by atoms with Gasteiger partial charge in [0.2, 0.25) is 0 Å². The molecule has 1 aliphatic rings. The van der Waals surface area contributed by atoms with E-state index in [0.717, 1.165) is 5.02 Å². The highest BCUT2D eigenvalue weighted by Gasteiger charge is 2.29. The van der Waals surface area contributed by atoms with Gasteiger partial charge in [0.05, 0.1) is 0 Å². The fraction of sp³-hybridized carbons (Fsp3) is 0.400. The molecule has 0 aromatic heterocycles. The minimum atomic E-state index is 0.198. The van der Waals surface area contributed by atoms with Gasteiger partial charge in [-0.05, 0) is 36.5 Å². The zero-order valence-corrected chi connectivity index (χ0v) is 7.59. The van der Waals surface area contributed by atoms with Crippen molar-refractivity contribution in [3.63, 3.8) is 0 Å². The van der Waals surface area contributed by atoms with E-state index in [1.165, 1.54) is 18.4 Å². The van der Waals surface area contributed by atoms with Crippen molar-refractivity contribution in [3.05, 3.63) is 34.9 Å². The van der Waals surface area contributed by atoms with Gasteiger partial charge in [-0.15, -0.1) is 0 Å². The molecular formula is C10H12ClN. The molecule has 64 valence electrons. The molecule has 1 atom stereocenters. The third-order valence-electron chi connectivity index (χ3n) is 2.36. The van der Waals surface area contributed by atoms with Gasteiger partial charge in [-0.3, -0.25) is 0 Å². The summed E-state index contributed by atoms with van der Waals surface area (Å²) in [7, 11) is 0. The second kappa shape index (κ2) is 3.08. The molecule has 0 aliphatic heterocycles. The van der Waals surface area contributed by atoms with Crippen LogP contribution < -0.4 is 5.73 Å². The zero-order valence-electron chi connectivity index (χ0n) is 6.83. The smallest absolute Gasteiger partial charge is 0.0409 e. The van der Waals surface area contributed by atoms with Gasteiger partial charge in [-0.25, -0.2) is 0 Å². The first-order valence-electron chi connectivity index (χ1n) is 4.28. The van der Waals surface area contributed by atoms with E-state index in [9.17, 15) is 0 Å².